The van der Waals surface area contributed by atoms with Crippen molar-refractivity contribution >= 4 is 27.3 Å². The Morgan fingerprint density at radius 3 is 2.50 bits per heavy atom. The van der Waals surface area contributed by atoms with E-state index in [1.54, 1.807) is 24.3 Å². The van der Waals surface area contributed by atoms with Crippen LogP contribution in [0, 0.1) is 0 Å². The number of hydrogen-bond donors (Lipinski definition) is 0. The Labute approximate surface area is 139 Å². The number of aldehydes is 1. The molecule has 0 aliphatic rings. The molecule has 0 radical (unpaired) electrons. The molecule has 0 amide bonds. The molecule has 3 rings (SSSR count). The van der Waals surface area contributed by atoms with E-state index in [4.69, 9.17) is 4.74 Å². The minimum absolute atomic E-state index is 0.0247. The molecule has 7 heteroatoms. The number of rotatable bonds is 5. The quantitative estimate of drug-likeness (QED) is 0.665. The lowest BCUT2D eigenvalue weighted by Crippen LogP contribution is -2.15. The predicted octanol–water partition coefficient (Wildman–Crippen LogP) is 2.66. The van der Waals surface area contributed by atoms with Gasteiger partial charge in [-0.2, -0.15) is 0 Å². The van der Waals surface area contributed by atoms with Gasteiger partial charge in [-0.05, 0) is 30.7 Å². The zero-order valence-electron chi connectivity index (χ0n) is 13.3. The highest BCUT2D eigenvalue weighted by molar-refractivity contribution is 7.90. The van der Waals surface area contributed by atoms with Gasteiger partial charge in [-0.1, -0.05) is 25.1 Å². The third kappa shape index (κ3) is 2.46. The van der Waals surface area contributed by atoms with E-state index in [1.807, 2.05) is 6.92 Å². The second-order valence-electron chi connectivity index (χ2n) is 5.18. The summed E-state index contributed by atoms with van der Waals surface area (Å²) in [4.78, 5) is 15.9. The van der Waals surface area contributed by atoms with Crippen LogP contribution < -0.4 is 4.74 Å². The summed E-state index contributed by atoms with van der Waals surface area (Å²) in [6, 6.07) is 11.1. The van der Waals surface area contributed by atoms with E-state index < -0.39 is 10.0 Å². The van der Waals surface area contributed by atoms with Gasteiger partial charge < -0.3 is 4.74 Å². The fourth-order valence-corrected chi connectivity index (χ4v) is 4.11. The number of aryl methyl sites for hydroxylation is 1. The highest BCUT2D eigenvalue weighted by Crippen LogP contribution is 2.28. The summed E-state index contributed by atoms with van der Waals surface area (Å²) in [5.41, 5.74) is 1.55. The van der Waals surface area contributed by atoms with E-state index in [1.165, 1.54) is 25.3 Å². The first-order chi connectivity index (χ1) is 11.5. The Morgan fingerprint density at radius 2 is 1.92 bits per heavy atom. The van der Waals surface area contributed by atoms with Crippen LogP contribution in [0.5, 0.6) is 5.88 Å². The van der Waals surface area contributed by atoms with Gasteiger partial charge in [-0.25, -0.2) is 17.4 Å². The summed E-state index contributed by atoms with van der Waals surface area (Å²) in [6.45, 7) is 1.92. The van der Waals surface area contributed by atoms with E-state index in [0.717, 1.165) is 9.54 Å². The Hall–Kier alpha value is -2.67. The summed E-state index contributed by atoms with van der Waals surface area (Å²) in [5.74, 6) is 0.428. The maximum Gasteiger partial charge on any atom is 0.268 e. The SMILES string of the molecule is CCc1cc2c(cc(C=O)n2S(=O)(=O)c2ccccc2)nc1OC. The fraction of sp³-hybridized carbons (Fsp3) is 0.176. The molecule has 3 aromatic rings. The Bertz CT molecular complexity index is 1010. The van der Waals surface area contributed by atoms with Gasteiger partial charge in [-0.15, -0.1) is 0 Å². The molecular weight excluding hydrogens is 328 g/mol. The molecule has 0 fully saturated rings. The van der Waals surface area contributed by atoms with Gasteiger partial charge in [0, 0.05) is 5.56 Å². The molecule has 0 saturated carbocycles. The number of hydrogen-bond acceptors (Lipinski definition) is 5. The van der Waals surface area contributed by atoms with E-state index >= 15 is 0 Å². The van der Waals surface area contributed by atoms with Crippen molar-refractivity contribution in [2.75, 3.05) is 7.11 Å². The third-order valence-corrected chi connectivity index (χ3v) is 5.54. The minimum Gasteiger partial charge on any atom is -0.481 e. The number of carbonyl (C=O) groups is 1. The zero-order valence-corrected chi connectivity index (χ0v) is 14.1. The van der Waals surface area contributed by atoms with Gasteiger partial charge >= 0.3 is 0 Å². The van der Waals surface area contributed by atoms with Gasteiger partial charge in [-0.3, -0.25) is 4.79 Å². The fourth-order valence-electron chi connectivity index (χ4n) is 2.62. The van der Waals surface area contributed by atoms with Crippen LogP contribution in [0.2, 0.25) is 0 Å². The summed E-state index contributed by atoms with van der Waals surface area (Å²) < 4.78 is 32.3. The maximum atomic E-state index is 13.0. The average Bonchev–Trinajstić information content (AvgIpc) is 2.99. The molecule has 0 aliphatic heterocycles. The number of nitrogens with zero attached hydrogens (tertiary/aromatic N) is 2. The van der Waals surface area contributed by atoms with Crippen molar-refractivity contribution in [3.63, 3.8) is 0 Å². The van der Waals surface area contributed by atoms with Gasteiger partial charge in [0.1, 0.15) is 0 Å². The molecule has 0 saturated heterocycles. The van der Waals surface area contributed by atoms with E-state index in [0.29, 0.717) is 29.6 Å². The van der Waals surface area contributed by atoms with Crippen molar-refractivity contribution in [1.82, 2.24) is 8.96 Å². The van der Waals surface area contributed by atoms with Crippen LogP contribution in [0.1, 0.15) is 23.0 Å². The maximum absolute atomic E-state index is 13.0. The van der Waals surface area contributed by atoms with Crippen LogP contribution in [-0.4, -0.2) is 30.8 Å². The lowest BCUT2D eigenvalue weighted by atomic mass is 10.2. The number of methoxy groups -OCH3 is 1. The van der Waals surface area contributed by atoms with E-state index in [2.05, 4.69) is 4.98 Å². The van der Waals surface area contributed by atoms with E-state index in [-0.39, 0.29) is 10.6 Å². The largest absolute Gasteiger partial charge is 0.481 e. The Morgan fingerprint density at radius 1 is 1.21 bits per heavy atom. The van der Waals surface area contributed by atoms with Crippen molar-refractivity contribution < 1.29 is 17.9 Å². The second kappa shape index (κ2) is 6.09. The first-order valence-electron chi connectivity index (χ1n) is 7.38. The lowest BCUT2D eigenvalue weighted by molar-refractivity contribution is 0.111. The topological polar surface area (TPSA) is 78.3 Å². The van der Waals surface area contributed by atoms with Crippen molar-refractivity contribution in [3.05, 3.63) is 53.7 Å². The molecule has 0 unspecified atom stereocenters. The first-order valence-corrected chi connectivity index (χ1v) is 8.82. The third-order valence-electron chi connectivity index (χ3n) is 3.78. The molecule has 1 aromatic carbocycles. The monoisotopic (exact) mass is 344 g/mol. The molecule has 2 heterocycles. The molecule has 0 atom stereocenters. The highest BCUT2D eigenvalue weighted by Gasteiger charge is 2.24. The van der Waals surface area contributed by atoms with Crippen LogP contribution in [-0.2, 0) is 16.4 Å². The molecule has 0 spiro atoms. The standard InChI is InChI=1S/C17H16N2O4S/c1-3-12-9-16-15(18-17(12)23-2)10-13(11-20)19(16)24(21,22)14-7-5-4-6-8-14/h4-11H,3H2,1-2H3. The number of fused-ring (bicyclic) bond motifs is 1. The summed E-state index contributed by atoms with van der Waals surface area (Å²) in [6.07, 6.45) is 1.14. The van der Waals surface area contributed by atoms with Gasteiger partial charge in [0.05, 0.1) is 28.7 Å². The Kier molecular flexibility index (Phi) is 4.11. The van der Waals surface area contributed by atoms with Crippen molar-refractivity contribution in [1.29, 1.82) is 0 Å². The van der Waals surface area contributed by atoms with Gasteiger partial charge in [0.2, 0.25) is 5.88 Å². The average molecular weight is 344 g/mol. The van der Waals surface area contributed by atoms with Gasteiger partial charge in [0.15, 0.2) is 6.29 Å². The molecule has 0 aliphatic carbocycles. The number of pyridine rings is 1. The number of ether oxygens (including phenoxy) is 1. The van der Waals surface area contributed by atoms with E-state index in [9.17, 15) is 13.2 Å². The predicted molar refractivity (Wildman–Crippen MR) is 90.1 cm³/mol. The lowest BCUT2D eigenvalue weighted by Gasteiger charge is -2.11. The zero-order chi connectivity index (χ0) is 17.3. The summed E-state index contributed by atoms with van der Waals surface area (Å²) in [7, 11) is -2.40. The minimum atomic E-state index is -3.90. The number of carbonyl (C=O) groups excluding carboxylic acids is 1. The van der Waals surface area contributed by atoms with Crippen molar-refractivity contribution in [2.45, 2.75) is 18.2 Å². The van der Waals surface area contributed by atoms with Crippen molar-refractivity contribution in [2.24, 2.45) is 0 Å². The summed E-state index contributed by atoms with van der Waals surface area (Å²) >= 11 is 0. The second-order valence-corrected chi connectivity index (χ2v) is 6.97. The Balaban J connectivity index is 2.37. The molecule has 0 N–H and O–H groups in total. The van der Waals surface area contributed by atoms with Crippen molar-refractivity contribution in [3.8, 4) is 5.88 Å². The summed E-state index contributed by atoms with van der Waals surface area (Å²) in [5, 5.41) is 0. The molecule has 6 nitrogen and oxygen atoms in total. The number of aromatic nitrogens is 2. The molecule has 2 aromatic heterocycles. The van der Waals surface area contributed by atoms with Crippen LogP contribution in [0.4, 0.5) is 0 Å². The van der Waals surface area contributed by atoms with Crippen LogP contribution in [0.3, 0.4) is 0 Å². The molecule has 124 valence electrons. The molecule has 24 heavy (non-hydrogen) atoms. The number of benzene rings is 1. The first kappa shape index (κ1) is 16.2. The van der Waals surface area contributed by atoms with Crippen LogP contribution in [0.25, 0.3) is 11.0 Å². The molecular formula is C17H16N2O4S. The van der Waals surface area contributed by atoms with Gasteiger partial charge in [0.25, 0.3) is 10.0 Å². The van der Waals surface area contributed by atoms with Crippen LogP contribution >= 0.6 is 0 Å². The smallest absolute Gasteiger partial charge is 0.268 e. The van der Waals surface area contributed by atoms with Crippen LogP contribution in [0.15, 0.2) is 47.4 Å². The highest BCUT2D eigenvalue weighted by atomic mass is 32.2. The molecule has 0 bridgehead atoms. The normalized spacial score (nSPS) is 11.6.